The summed E-state index contributed by atoms with van der Waals surface area (Å²) in [6.45, 7) is -0.415. The second kappa shape index (κ2) is 5.97. The molecule has 2 amide bonds. The van der Waals surface area contributed by atoms with Crippen molar-refractivity contribution in [3.63, 3.8) is 0 Å². The van der Waals surface area contributed by atoms with Crippen molar-refractivity contribution in [1.29, 1.82) is 0 Å². The van der Waals surface area contributed by atoms with Gasteiger partial charge in [-0.15, -0.1) is 0 Å². The molecule has 120 valence electrons. The van der Waals surface area contributed by atoms with Crippen LogP contribution in [0.3, 0.4) is 0 Å². The van der Waals surface area contributed by atoms with Crippen LogP contribution in [-0.4, -0.2) is 34.0 Å². The van der Waals surface area contributed by atoms with E-state index < -0.39 is 29.1 Å². The van der Waals surface area contributed by atoms with Gasteiger partial charge in [0.15, 0.2) is 5.78 Å². The first-order valence-corrected chi connectivity index (χ1v) is 7.61. The number of non-ortho nitro benzene ring substituents is 1. The van der Waals surface area contributed by atoms with E-state index in [4.69, 9.17) is 0 Å². The second-order valence-corrected chi connectivity index (χ2v) is 6.03. The molecule has 7 nitrogen and oxygen atoms in total. The topological polar surface area (TPSA) is 97.6 Å². The van der Waals surface area contributed by atoms with Crippen molar-refractivity contribution in [3.05, 3.63) is 73.7 Å². The molecule has 8 heteroatoms. The Bertz CT molecular complexity index is 892. The fourth-order valence-corrected chi connectivity index (χ4v) is 2.67. The average molecular weight is 389 g/mol. The van der Waals surface area contributed by atoms with Crippen LogP contribution in [0.4, 0.5) is 5.69 Å². The Kier molecular flexibility index (Phi) is 3.98. The molecule has 0 spiro atoms. The van der Waals surface area contributed by atoms with E-state index >= 15 is 0 Å². The number of hydrogen-bond acceptors (Lipinski definition) is 5. The maximum atomic E-state index is 12.3. The third-order valence-electron chi connectivity index (χ3n) is 3.63. The van der Waals surface area contributed by atoms with Crippen LogP contribution in [0.5, 0.6) is 0 Å². The van der Waals surface area contributed by atoms with Crippen LogP contribution in [-0.2, 0) is 0 Å². The predicted octanol–water partition coefficient (Wildman–Crippen LogP) is 2.84. The smallest absolute Gasteiger partial charge is 0.270 e. The van der Waals surface area contributed by atoms with Gasteiger partial charge in [0.1, 0.15) is 0 Å². The molecule has 0 bridgehead atoms. The Morgan fingerprint density at radius 2 is 1.67 bits per heavy atom. The lowest BCUT2D eigenvalue weighted by atomic mass is 10.1. The van der Waals surface area contributed by atoms with Crippen molar-refractivity contribution in [2.45, 2.75) is 0 Å². The molecule has 3 rings (SSSR count). The number of nitrogens with zero attached hydrogens (tertiary/aromatic N) is 2. The van der Waals surface area contributed by atoms with Gasteiger partial charge < -0.3 is 0 Å². The van der Waals surface area contributed by atoms with Crippen LogP contribution < -0.4 is 0 Å². The molecule has 0 fully saturated rings. The first kappa shape index (κ1) is 16.0. The van der Waals surface area contributed by atoms with E-state index in [0.29, 0.717) is 5.56 Å². The highest BCUT2D eigenvalue weighted by atomic mass is 79.9. The third kappa shape index (κ3) is 2.71. The first-order chi connectivity index (χ1) is 11.4. The molecule has 0 saturated carbocycles. The van der Waals surface area contributed by atoms with E-state index in [9.17, 15) is 24.5 Å². The number of carbonyl (C=O) groups is 3. The second-order valence-electron chi connectivity index (χ2n) is 5.11. The van der Waals surface area contributed by atoms with Crippen LogP contribution in [0.2, 0.25) is 0 Å². The Morgan fingerprint density at radius 1 is 1.04 bits per heavy atom. The van der Waals surface area contributed by atoms with Gasteiger partial charge in [0.2, 0.25) is 0 Å². The van der Waals surface area contributed by atoms with Gasteiger partial charge in [-0.2, -0.15) is 0 Å². The van der Waals surface area contributed by atoms with Gasteiger partial charge in [-0.05, 0) is 18.2 Å². The zero-order valence-corrected chi connectivity index (χ0v) is 13.6. The molecule has 2 aromatic carbocycles. The van der Waals surface area contributed by atoms with Crippen LogP contribution >= 0.6 is 15.9 Å². The van der Waals surface area contributed by atoms with Crippen LogP contribution in [0.25, 0.3) is 0 Å². The molecule has 2 aromatic rings. The molecule has 0 atom stereocenters. The largest absolute Gasteiger partial charge is 0.292 e. The quantitative estimate of drug-likeness (QED) is 0.347. The Balaban J connectivity index is 1.86. The van der Waals surface area contributed by atoms with Gasteiger partial charge in [-0.25, -0.2) is 0 Å². The van der Waals surface area contributed by atoms with Crippen LogP contribution in [0.1, 0.15) is 31.1 Å². The van der Waals surface area contributed by atoms with Crippen molar-refractivity contribution in [2.75, 3.05) is 6.54 Å². The fraction of sp³-hybridized carbons (Fsp3) is 0.0625. The van der Waals surface area contributed by atoms with Gasteiger partial charge >= 0.3 is 0 Å². The molecule has 0 saturated heterocycles. The monoisotopic (exact) mass is 388 g/mol. The molecule has 1 heterocycles. The minimum atomic E-state index is -0.704. The molecule has 0 aliphatic carbocycles. The van der Waals surface area contributed by atoms with E-state index in [1.54, 1.807) is 24.3 Å². The number of ketones is 1. The maximum Gasteiger partial charge on any atom is 0.270 e. The highest BCUT2D eigenvalue weighted by molar-refractivity contribution is 9.10. The first-order valence-electron chi connectivity index (χ1n) is 6.82. The summed E-state index contributed by atoms with van der Waals surface area (Å²) in [5, 5.41) is 10.8. The van der Waals surface area contributed by atoms with E-state index in [0.717, 1.165) is 21.5 Å². The molecule has 24 heavy (non-hydrogen) atoms. The predicted molar refractivity (Wildman–Crippen MR) is 86.9 cm³/mol. The minimum Gasteiger partial charge on any atom is -0.292 e. The van der Waals surface area contributed by atoms with Crippen molar-refractivity contribution in [3.8, 4) is 0 Å². The van der Waals surface area contributed by atoms with Gasteiger partial charge in [0.05, 0.1) is 22.6 Å². The lowest BCUT2D eigenvalue weighted by Gasteiger charge is -2.12. The highest BCUT2D eigenvalue weighted by Crippen LogP contribution is 2.27. The van der Waals surface area contributed by atoms with Crippen molar-refractivity contribution in [1.82, 2.24) is 4.90 Å². The molecule has 0 N–H and O–H groups in total. The van der Waals surface area contributed by atoms with Gasteiger partial charge in [0.25, 0.3) is 17.5 Å². The van der Waals surface area contributed by atoms with Gasteiger partial charge in [-0.3, -0.25) is 29.4 Å². The average Bonchev–Trinajstić information content (AvgIpc) is 2.80. The van der Waals surface area contributed by atoms with Gasteiger partial charge in [0, 0.05) is 22.2 Å². The van der Waals surface area contributed by atoms with Crippen LogP contribution in [0.15, 0.2) is 46.9 Å². The molecule has 1 aliphatic heterocycles. The Morgan fingerprint density at radius 3 is 2.29 bits per heavy atom. The fourth-order valence-electron chi connectivity index (χ4n) is 2.41. The summed E-state index contributed by atoms with van der Waals surface area (Å²) in [6, 6.07) is 9.96. The zero-order chi connectivity index (χ0) is 17.4. The number of amides is 2. The number of Topliss-reactive ketones (excluding diaryl/α,β-unsaturated/α-hetero) is 1. The van der Waals surface area contributed by atoms with E-state index in [1.165, 1.54) is 6.07 Å². The van der Waals surface area contributed by atoms with E-state index in [2.05, 4.69) is 15.9 Å². The number of carbonyl (C=O) groups excluding carboxylic acids is 3. The summed E-state index contributed by atoms with van der Waals surface area (Å²) in [4.78, 5) is 47.8. The highest BCUT2D eigenvalue weighted by Gasteiger charge is 2.37. The minimum absolute atomic E-state index is 0.0576. The number of hydrogen-bond donors (Lipinski definition) is 0. The third-order valence-corrected chi connectivity index (χ3v) is 4.16. The summed E-state index contributed by atoms with van der Waals surface area (Å²) in [6.07, 6.45) is 0. The van der Waals surface area contributed by atoms with E-state index in [-0.39, 0.29) is 16.8 Å². The molecular weight excluding hydrogens is 380 g/mol. The molecule has 0 unspecified atom stereocenters. The lowest BCUT2D eigenvalue weighted by molar-refractivity contribution is -0.384. The molecule has 1 aliphatic rings. The number of nitro benzene ring substituents is 1. The van der Waals surface area contributed by atoms with Crippen molar-refractivity contribution >= 4 is 39.2 Å². The summed E-state index contributed by atoms with van der Waals surface area (Å²) >= 11 is 3.25. The number of rotatable bonds is 4. The molecular formula is C16H9BrN2O5. The van der Waals surface area contributed by atoms with Gasteiger partial charge in [-0.1, -0.05) is 28.1 Å². The van der Waals surface area contributed by atoms with E-state index in [1.807, 2.05) is 0 Å². The SMILES string of the molecule is O=C(CN1C(=O)c2ccc([N+](=O)[O-])cc2C1=O)c1ccc(Br)cc1. The summed E-state index contributed by atoms with van der Waals surface area (Å²) in [5.41, 5.74) is 0.0868. The number of imide groups is 1. The Hall–Kier alpha value is -2.87. The van der Waals surface area contributed by atoms with Crippen molar-refractivity contribution in [2.24, 2.45) is 0 Å². The zero-order valence-electron chi connectivity index (χ0n) is 12.1. The summed E-state index contributed by atoms with van der Waals surface area (Å²) in [7, 11) is 0. The number of fused-ring (bicyclic) bond motifs is 1. The number of nitro groups is 1. The lowest BCUT2D eigenvalue weighted by Crippen LogP contribution is -2.34. The molecule has 0 aromatic heterocycles. The Labute approximate surface area is 144 Å². The standard InChI is InChI=1S/C16H9BrN2O5/c17-10-3-1-9(2-4-10)14(20)8-18-15(21)12-6-5-11(19(23)24)7-13(12)16(18)22/h1-7H,8H2. The number of halogens is 1. The van der Waals surface area contributed by atoms with Crippen LogP contribution in [0, 0.1) is 10.1 Å². The normalized spacial score (nSPS) is 13.1. The van der Waals surface area contributed by atoms with Crippen molar-refractivity contribution < 1.29 is 19.3 Å². The number of benzene rings is 2. The summed E-state index contributed by atoms with van der Waals surface area (Å²) < 4.78 is 0.798. The molecule has 0 radical (unpaired) electrons. The maximum absolute atomic E-state index is 12.3. The summed E-state index contributed by atoms with van der Waals surface area (Å²) in [5.74, 6) is -1.73.